The summed E-state index contributed by atoms with van der Waals surface area (Å²) in [6.07, 6.45) is -0.221. The number of carbonyl (C=O) groups is 1. The van der Waals surface area contributed by atoms with E-state index in [4.69, 9.17) is 9.84 Å². The molecule has 0 saturated carbocycles. The first-order valence-corrected chi connectivity index (χ1v) is 7.54. The van der Waals surface area contributed by atoms with Crippen LogP contribution < -0.4 is 0 Å². The first-order chi connectivity index (χ1) is 7.94. The van der Waals surface area contributed by atoms with Gasteiger partial charge in [-0.05, 0) is 6.42 Å². The van der Waals surface area contributed by atoms with Gasteiger partial charge in [-0.15, -0.1) is 0 Å². The van der Waals surface area contributed by atoms with Gasteiger partial charge in [0.2, 0.25) is 0 Å². The molecule has 17 heavy (non-hydrogen) atoms. The quantitative estimate of drug-likeness (QED) is 0.703. The Morgan fingerprint density at radius 2 is 2.18 bits per heavy atom. The van der Waals surface area contributed by atoms with Gasteiger partial charge in [0.05, 0.1) is 12.4 Å². The van der Waals surface area contributed by atoms with E-state index in [0.717, 1.165) is 0 Å². The van der Waals surface area contributed by atoms with Crippen molar-refractivity contribution in [1.82, 2.24) is 4.90 Å². The Hall–Kier alpha value is -0.660. The molecule has 6 nitrogen and oxygen atoms in total. The summed E-state index contributed by atoms with van der Waals surface area (Å²) in [4.78, 5) is 12.6. The molecule has 0 amide bonds. The van der Waals surface area contributed by atoms with Crippen molar-refractivity contribution in [2.45, 2.75) is 19.4 Å². The summed E-state index contributed by atoms with van der Waals surface area (Å²) >= 11 is 0. The van der Waals surface area contributed by atoms with Gasteiger partial charge in [0, 0.05) is 25.4 Å². The SMILES string of the molecule is CCCS(=O)(=O)CCN1CCOC(C(=O)O)C1. The van der Waals surface area contributed by atoms with Crippen LogP contribution in [-0.4, -0.2) is 68.2 Å². The highest BCUT2D eigenvalue weighted by Gasteiger charge is 2.26. The fourth-order valence-electron chi connectivity index (χ4n) is 1.74. The van der Waals surface area contributed by atoms with Crippen molar-refractivity contribution in [1.29, 1.82) is 0 Å². The van der Waals surface area contributed by atoms with Crippen LogP contribution in [0.4, 0.5) is 0 Å². The summed E-state index contributed by atoms with van der Waals surface area (Å²) in [6, 6.07) is 0. The largest absolute Gasteiger partial charge is 0.479 e. The number of hydrogen-bond acceptors (Lipinski definition) is 5. The van der Waals surface area contributed by atoms with Gasteiger partial charge >= 0.3 is 5.97 Å². The third kappa shape index (κ3) is 5.01. The highest BCUT2D eigenvalue weighted by atomic mass is 32.2. The molecule has 1 fully saturated rings. The molecule has 0 spiro atoms. The number of hydrogen-bond donors (Lipinski definition) is 1. The monoisotopic (exact) mass is 265 g/mol. The number of nitrogens with zero attached hydrogens (tertiary/aromatic N) is 1. The molecular weight excluding hydrogens is 246 g/mol. The van der Waals surface area contributed by atoms with Crippen molar-refractivity contribution in [2.75, 3.05) is 37.7 Å². The van der Waals surface area contributed by atoms with Crippen LogP contribution in [0.15, 0.2) is 0 Å². The van der Waals surface area contributed by atoms with Crippen LogP contribution in [0.1, 0.15) is 13.3 Å². The number of carboxylic acids is 1. The predicted octanol–water partition coefficient (Wildman–Crippen LogP) is -0.403. The zero-order chi connectivity index (χ0) is 12.9. The van der Waals surface area contributed by atoms with Crippen LogP contribution in [0, 0.1) is 0 Å². The molecule has 0 bridgehead atoms. The Morgan fingerprint density at radius 3 is 2.76 bits per heavy atom. The predicted molar refractivity (Wildman–Crippen MR) is 62.8 cm³/mol. The van der Waals surface area contributed by atoms with E-state index in [1.807, 2.05) is 11.8 Å². The minimum Gasteiger partial charge on any atom is -0.479 e. The maximum Gasteiger partial charge on any atom is 0.334 e. The van der Waals surface area contributed by atoms with Crippen molar-refractivity contribution in [3.63, 3.8) is 0 Å². The number of carboxylic acid groups (broad SMARTS) is 1. The molecular formula is C10H19NO5S. The van der Waals surface area contributed by atoms with Gasteiger partial charge in [0.15, 0.2) is 15.9 Å². The Morgan fingerprint density at radius 1 is 1.47 bits per heavy atom. The normalized spacial score (nSPS) is 22.5. The molecule has 1 aliphatic heterocycles. The third-order valence-corrected chi connectivity index (χ3v) is 4.49. The van der Waals surface area contributed by atoms with Crippen LogP contribution in [0.3, 0.4) is 0 Å². The molecule has 0 aromatic heterocycles. The minimum atomic E-state index is -3.00. The summed E-state index contributed by atoms with van der Waals surface area (Å²) < 4.78 is 28.1. The third-order valence-electron chi connectivity index (χ3n) is 2.66. The molecule has 1 unspecified atom stereocenters. The summed E-state index contributed by atoms with van der Waals surface area (Å²) in [5, 5.41) is 8.80. The van der Waals surface area contributed by atoms with Crippen molar-refractivity contribution in [3.8, 4) is 0 Å². The van der Waals surface area contributed by atoms with E-state index in [-0.39, 0.29) is 18.1 Å². The van der Waals surface area contributed by atoms with Crippen LogP contribution >= 0.6 is 0 Å². The van der Waals surface area contributed by atoms with Crippen molar-refractivity contribution in [3.05, 3.63) is 0 Å². The lowest BCUT2D eigenvalue weighted by atomic mass is 10.3. The summed E-state index contributed by atoms with van der Waals surface area (Å²) in [7, 11) is -3.00. The Bertz CT molecular complexity index is 354. The molecule has 0 radical (unpaired) electrons. The van der Waals surface area contributed by atoms with Crippen LogP contribution in [0.5, 0.6) is 0 Å². The Kier molecular flexibility index (Phi) is 5.35. The van der Waals surface area contributed by atoms with Gasteiger partial charge in [-0.1, -0.05) is 6.92 Å². The van der Waals surface area contributed by atoms with Crippen molar-refractivity contribution in [2.24, 2.45) is 0 Å². The maximum absolute atomic E-state index is 11.5. The Balaban J connectivity index is 2.39. The first-order valence-electron chi connectivity index (χ1n) is 5.72. The topological polar surface area (TPSA) is 83.9 Å². The van der Waals surface area contributed by atoms with Gasteiger partial charge in [-0.2, -0.15) is 0 Å². The second-order valence-corrected chi connectivity index (χ2v) is 6.45. The standard InChI is InChI=1S/C10H19NO5S/c1-2-6-17(14,15)7-4-11-3-5-16-9(8-11)10(12)13/h9H,2-8H2,1H3,(H,12,13). The van der Waals surface area contributed by atoms with Crippen LogP contribution in [0.2, 0.25) is 0 Å². The molecule has 0 aliphatic carbocycles. The van der Waals surface area contributed by atoms with E-state index in [2.05, 4.69) is 0 Å². The first kappa shape index (κ1) is 14.4. The van der Waals surface area contributed by atoms with Crippen LogP contribution in [-0.2, 0) is 19.4 Å². The van der Waals surface area contributed by atoms with E-state index in [1.165, 1.54) is 0 Å². The lowest BCUT2D eigenvalue weighted by molar-refractivity contribution is -0.155. The van der Waals surface area contributed by atoms with Crippen LogP contribution in [0.25, 0.3) is 0 Å². The van der Waals surface area contributed by atoms with Gasteiger partial charge in [-0.25, -0.2) is 13.2 Å². The van der Waals surface area contributed by atoms with E-state index in [0.29, 0.717) is 26.1 Å². The molecule has 100 valence electrons. The highest BCUT2D eigenvalue weighted by Crippen LogP contribution is 2.06. The number of sulfone groups is 1. The molecule has 1 rings (SSSR count). The lowest BCUT2D eigenvalue weighted by Crippen LogP contribution is -2.47. The number of morpholine rings is 1. The molecule has 0 aromatic rings. The fourth-order valence-corrected chi connectivity index (χ4v) is 3.10. The summed E-state index contributed by atoms with van der Waals surface area (Å²) in [5.41, 5.74) is 0. The zero-order valence-electron chi connectivity index (χ0n) is 9.96. The van der Waals surface area contributed by atoms with Gasteiger partial charge in [0.25, 0.3) is 0 Å². The second kappa shape index (κ2) is 6.32. The van der Waals surface area contributed by atoms with Gasteiger partial charge < -0.3 is 9.84 Å². The number of rotatable bonds is 6. The molecule has 1 heterocycles. The molecule has 1 aliphatic rings. The second-order valence-electron chi connectivity index (χ2n) is 4.15. The maximum atomic E-state index is 11.5. The Labute approximate surface area is 101 Å². The average Bonchev–Trinajstić information content (AvgIpc) is 2.27. The van der Waals surface area contributed by atoms with E-state index in [1.54, 1.807) is 0 Å². The average molecular weight is 265 g/mol. The summed E-state index contributed by atoms with van der Waals surface area (Å²) in [6.45, 7) is 3.40. The molecule has 0 aromatic carbocycles. The molecule has 1 saturated heterocycles. The van der Waals surface area contributed by atoms with E-state index < -0.39 is 21.9 Å². The molecule has 1 N–H and O–H groups in total. The molecule has 7 heteroatoms. The van der Waals surface area contributed by atoms with Crippen molar-refractivity contribution >= 4 is 15.8 Å². The van der Waals surface area contributed by atoms with Gasteiger partial charge in [-0.3, -0.25) is 4.90 Å². The van der Waals surface area contributed by atoms with Gasteiger partial charge in [0.1, 0.15) is 0 Å². The van der Waals surface area contributed by atoms with Crippen molar-refractivity contribution < 1.29 is 23.1 Å². The lowest BCUT2D eigenvalue weighted by Gasteiger charge is -2.30. The highest BCUT2D eigenvalue weighted by molar-refractivity contribution is 7.91. The smallest absolute Gasteiger partial charge is 0.334 e. The fraction of sp³-hybridized carbons (Fsp3) is 0.900. The zero-order valence-corrected chi connectivity index (χ0v) is 10.8. The van der Waals surface area contributed by atoms with E-state index in [9.17, 15) is 13.2 Å². The van der Waals surface area contributed by atoms with E-state index >= 15 is 0 Å². The summed E-state index contributed by atoms with van der Waals surface area (Å²) in [5.74, 6) is -0.710. The number of aliphatic carboxylic acids is 1. The molecule has 1 atom stereocenters. The minimum absolute atomic E-state index is 0.0905. The number of ether oxygens (including phenoxy) is 1.